The minimum atomic E-state index is -0.482. The number of aryl methyl sites for hydroxylation is 1. The van der Waals surface area contributed by atoms with E-state index in [2.05, 4.69) is 30.1 Å². The molecule has 0 bridgehead atoms. The number of carbonyl (C=O) groups excluding carboxylic acids is 1. The van der Waals surface area contributed by atoms with Gasteiger partial charge in [-0.15, -0.1) is 0 Å². The average molecular weight is 452 g/mol. The molecule has 33 heavy (non-hydrogen) atoms. The van der Waals surface area contributed by atoms with E-state index in [0.29, 0.717) is 41.4 Å². The lowest BCUT2D eigenvalue weighted by molar-refractivity contribution is 0.0958. The molecule has 1 fully saturated rings. The first-order valence-electron chi connectivity index (χ1n) is 11.0. The SMILES string of the molecule is CNC(=O)c1ccc(N2CCN3Cc4c(cc5nc(C)c(=O)[nH]c5c4F)OCC[C@@H]3C2)cn1. The maximum absolute atomic E-state index is 15.4. The van der Waals surface area contributed by atoms with Crippen molar-refractivity contribution in [2.24, 2.45) is 0 Å². The highest BCUT2D eigenvalue weighted by Gasteiger charge is 2.31. The van der Waals surface area contributed by atoms with Crippen molar-refractivity contribution in [2.75, 3.05) is 38.2 Å². The third-order valence-electron chi connectivity index (χ3n) is 6.41. The van der Waals surface area contributed by atoms with Gasteiger partial charge >= 0.3 is 0 Å². The number of nitrogens with zero attached hydrogens (tertiary/aromatic N) is 4. The maximum atomic E-state index is 15.4. The second-order valence-corrected chi connectivity index (χ2v) is 8.40. The molecule has 1 saturated heterocycles. The quantitative estimate of drug-likeness (QED) is 0.609. The number of aromatic nitrogens is 3. The second kappa shape index (κ2) is 8.43. The van der Waals surface area contributed by atoms with Crippen molar-refractivity contribution in [1.82, 2.24) is 25.2 Å². The van der Waals surface area contributed by atoms with E-state index in [-0.39, 0.29) is 17.5 Å². The van der Waals surface area contributed by atoms with Crippen LogP contribution >= 0.6 is 0 Å². The van der Waals surface area contributed by atoms with Gasteiger partial charge in [-0.3, -0.25) is 14.5 Å². The van der Waals surface area contributed by atoms with Crippen LogP contribution in [-0.4, -0.2) is 65.1 Å². The van der Waals surface area contributed by atoms with Crippen LogP contribution in [0, 0.1) is 12.7 Å². The van der Waals surface area contributed by atoms with Gasteiger partial charge in [0.25, 0.3) is 11.5 Å². The molecule has 2 aliphatic heterocycles. The Labute approximate surface area is 189 Å². The summed E-state index contributed by atoms with van der Waals surface area (Å²) < 4.78 is 21.4. The number of anilines is 1. The Morgan fingerprint density at radius 3 is 2.94 bits per heavy atom. The van der Waals surface area contributed by atoms with Crippen LogP contribution in [0.1, 0.15) is 28.2 Å². The first-order chi connectivity index (χ1) is 15.9. The number of amides is 1. The lowest BCUT2D eigenvalue weighted by Crippen LogP contribution is -2.53. The Hall–Kier alpha value is -3.53. The van der Waals surface area contributed by atoms with Crippen LogP contribution in [0.15, 0.2) is 29.2 Å². The smallest absolute Gasteiger partial charge is 0.269 e. The highest BCUT2D eigenvalue weighted by molar-refractivity contribution is 5.92. The Morgan fingerprint density at radius 1 is 1.33 bits per heavy atom. The predicted molar refractivity (Wildman–Crippen MR) is 121 cm³/mol. The number of hydrogen-bond acceptors (Lipinski definition) is 7. The number of aromatic amines is 1. The number of hydrogen-bond donors (Lipinski definition) is 2. The van der Waals surface area contributed by atoms with Crippen molar-refractivity contribution in [3.8, 4) is 5.75 Å². The third kappa shape index (κ3) is 3.91. The van der Waals surface area contributed by atoms with Crippen LogP contribution in [0.5, 0.6) is 5.75 Å². The molecule has 0 unspecified atom stereocenters. The molecule has 1 aromatic carbocycles. The standard InChI is InChI=1S/C23H25FN6O3/c1-13-22(31)28-21-18(27-13)9-19-16(20(21)24)12-30-7-6-29(11-15(30)5-8-33-19)14-3-4-17(26-10-14)23(32)25-2/h3-4,9-10,15H,5-8,11-12H2,1-2H3,(H,25,32)(H,28,31)/t15-/m1/s1. The number of H-pyrrole nitrogens is 1. The third-order valence-corrected chi connectivity index (χ3v) is 6.41. The first kappa shape index (κ1) is 21.3. The van der Waals surface area contributed by atoms with Crippen molar-refractivity contribution in [3.05, 3.63) is 57.5 Å². The van der Waals surface area contributed by atoms with Gasteiger partial charge in [0.1, 0.15) is 22.7 Å². The van der Waals surface area contributed by atoms with E-state index in [1.165, 1.54) is 0 Å². The zero-order chi connectivity index (χ0) is 23.1. The van der Waals surface area contributed by atoms with Crippen molar-refractivity contribution in [3.63, 3.8) is 0 Å². The fourth-order valence-electron chi connectivity index (χ4n) is 4.53. The van der Waals surface area contributed by atoms with E-state index in [1.807, 2.05) is 6.07 Å². The number of ether oxygens (including phenoxy) is 1. The van der Waals surface area contributed by atoms with Crippen LogP contribution in [0.25, 0.3) is 11.0 Å². The van der Waals surface area contributed by atoms with E-state index in [0.717, 1.165) is 31.7 Å². The van der Waals surface area contributed by atoms with E-state index in [4.69, 9.17) is 4.74 Å². The summed E-state index contributed by atoms with van der Waals surface area (Å²) in [5, 5.41) is 2.57. The second-order valence-electron chi connectivity index (χ2n) is 8.40. The summed E-state index contributed by atoms with van der Waals surface area (Å²) in [6.07, 6.45) is 2.50. The Morgan fingerprint density at radius 2 is 2.18 bits per heavy atom. The number of pyridine rings is 1. The van der Waals surface area contributed by atoms with E-state index < -0.39 is 11.4 Å². The molecule has 5 rings (SSSR count). The maximum Gasteiger partial charge on any atom is 0.269 e. The average Bonchev–Trinajstić information content (AvgIpc) is 2.81. The summed E-state index contributed by atoms with van der Waals surface area (Å²) in [5.74, 6) is -0.221. The lowest BCUT2D eigenvalue weighted by atomic mass is 10.0. The molecule has 0 spiro atoms. The van der Waals surface area contributed by atoms with E-state index in [9.17, 15) is 9.59 Å². The molecule has 0 aliphatic carbocycles. The molecular formula is C23H25FN6O3. The number of rotatable bonds is 2. The fraction of sp³-hybridized carbons (Fsp3) is 0.391. The minimum absolute atomic E-state index is 0.117. The zero-order valence-corrected chi connectivity index (χ0v) is 18.5. The molecule has 2 N–H and O–H groups in total. The molecule has 1 atom stereocenters. The van der Waals surface area contributed by atoms with Crippen molar-refractivity contribution in [1.29, 1.82) is 0 Å². The van der Waals surface area contributed by atoms with Gasteiger partial charge in [-0.25, -0.2) is 14.4 Å². The summed E-state index contributed by atoms with van der Waals surface area (Å²) in [4.78, 5) is 39.3. The van der Waals surface area contributed by atoms with E-state index in [1.54, 1.807) is 32.3 Å². The van der Waals surface area contributed by atoms with Crippen molar-refractivity contribution < 1.29 is 13.9 Å². The van der Waals surface area contributed by atoms with Crippen molar-refractivity contribution in [2.45, 2.75) is 25.9 Å². The molecule has 172 valence electrons. The van der Waals surface area contributed by atoms with Gasteiger partial charge in [-0.2, -0.15) is 0 Å². The zero-order valence-electron chi connectivity index (χ0n) is 18.5. The molecule has 1 amide bonds. The molecule has 0 saturated carbocycles. The highest BCUT2D eigenvalue weighted by Crippen LogP contribution is 2.33. The topological polar surface area (TPSA) is 103 Å². The summed E-state index contributed by atoms with van der Waals surface area (Å²) in [6, 6.07) is 5.50. The summed E-state index contributed by atoms with van der Waals surface area (Å²) in [5.41, 5.74) is 2.17. The minimum Gasteiger partial charge on any atom is -0.493 e. The summed E-state index contributed by atoms with van der Waals surface area (Å²) in [6.45, 7) is 4.66. The molecule has 3 aromatic rings. The van der Waals surface area contributed by atoms with Gasteiger partial charge in [0.15, 0.2) is 5.82 Å². The molecule has 0 radical (unpaired) electrons. The molecule has 4 heterocycles. The number of fused-ring (bicyclic) bond motifs is 3. The number of halogens is 1. The number of benzene rings is 1. The fourth-order valence-corrected chi connectivity index (χ4v) is 4.53. The molecule has 2 aliphatic rings. The van der Waals surface area contributed by atoms with Gasteiger partial charge in [0, 0.05) is 50.9 Å². The van der Waals surface area contributed by atoms with Crippen LogP contribution in [0.3, 0.4) is 0 Å². The molecule has 9 nitrogen and oxygen atoms in total. The normalized spacial score (nSPS) is 18.6. The number of nitrogens with one attached hydrogen (secondary N) is 2. The summed E-state index contributed by atoms with van der Waals surface area (Å²) in [7, 11) is 1.58. The Kier molecular flexibility index (Phi) is 5.45. The molecule has 2 aromatic heterocycles. The Balaban J connectivity index is 1.39. The number of piperazine rings is 1. The summed E-state index contributed by atoms with van der Waals surface area (Å²) >= 11 is 0. The monoisotopic (exact) mass is 452 g/mol. The van der Waals surface area contributed by atoms with Gasteiger partial charge in [0.05, 0.1) is 24.0 Å². The van der Waals surface area contributed by atoms with Crippen LogP contribution in [-0.2, 0) is 6.54 Å². The lowest BCUT2D eigenvalue weighted by Gasteiger charge is -2.43. The van der Waals surface area contributed by atoms with Gasteiger partial charge in [-0.1, -0.05) is 0 Å². The van der Waals surface area contributed by atoms with Crippen LogP contribution < -0.4 is 20.5 Å². The van der Waals surface area contributed by atoms with Gasteiger partial charge in [0.2, 0.25) is 0 Å². The van der Waals surface area contributed by atoms with Crippen molar-refractivity contribution >= 4 is 22.6 Å². The highest BCUT2D eigenvalue weighted by atomic mass is 19.1. The van der Waals surface area contributed by atoms with Gasteiger partial charge in [-0.05, 0) is 25.5 Å². The number of carbonyl (C=O) groups is 1. The Bertz CT molecular complexity index is 1280. The van der Waals surface area contributed by atoms with E-state index >= 15 is 4.39 Å². The van der Waals surface area contributed by atoms with Gasteiger partial charge < -0.3 is 19.9 Å². The largest absolute Gasteiger partial charge is 0.493 e. The molecule has 10 heteroatoms. The first-order valence-corrected chi connectivity index (χ1v) is 11.0. The van der Waals surface area contributed by atoms with Crippen LogP contribution in [0.4, 0.5) is 10.1 Å². The van der Waals surface area contributed by atoms with Crippen LogP contribution in [0.2, 0.25) is 0 Å². The predicted octanol–water partition coefficient (Wildman–Crippen LogP) is 1.60. The molecular weight excluding hydrogens is 427 g/mol.